The molecule has 9 nitrogen and oxygen atoms in total. The van der Waals surface area contributed by atoms with E-state index in [0.29, 0.717) is 49.1 Å². The molecule has 2 fully saturated rings. The molecular weight excluding hydrogens is 576 g/mol. The molecule has 2 aliphatic rings. The smallest absolute Gasteiger partial charge is 0.254 e. The fraction of sp³-hybridized carbons (Fsp3) is 0.405. The van der Waals surface area contributed by atoms with Crippen LogP contribution in [-0.2, 0) is 23.2 Å². The first-order valence-corrected chi connectivity index (χ1v) is 16.6. The van der Waals surface area contributed by atoms with Gasteiger partial charge in [0, 0.05) is 56.8 Å². The van der Waals surface area contributed by atoms with Crippen LogP contribution >= 0.6 is 0 Å². The summed E-state index contributed by atoms with van der Waals surface area (Å²) < 4.78 is 10.3. The molecule has 0 N–H and O–H groups in total. The lowest BCUT2D eigenvalue weighted by atomic mass is 9.95. The van der Waals surface area contributed by atoms with Gasteiger partial charge >= 0.3 is 0 Å². The molecule has 240 valence electrons. The first kappa shape index (κ1) is 31.3. The number of para-hydroxylation sites is 2. The van der Waals surface area contributed by atoms with E-state index in [1.165, 1.54) is 0 Å². The molecule has 0 unspecified atom stereocenters. The maximum Gasteiger partial charge on any atom is 0.254 e. The summed E-state index contributed by atoms with van der Waals surface area (Å²) in [6.45, 7) is 7.07. The molecule has 0 bridgehead atoms. The number of carbonyl (C=O) groups excluding carboxylic acids is 2. The molecule has 2 aliphatic heterocycles. The number of imidazole rings is 1. The third-order valence-electron chi connectivity index (χ3n) is 9.24. The van der Waals surface area contributed by atoms with Crippen LogP contribution in [0, 0.1) is 6.92 Å². The Morgan fingerprint density at radius 3 is 2.43 bits per heavy atom. The Morgan fingerprint density at radius 2 is 1.72 bits per heavy atom. The summed E-state index contributed by atoms with van der Waals surface area (Å²) in [6, 6.07) is 16.1. The quantitative estimate of drug-likeness (QED) is 0.163. The summed E-state index contributed by atoms with van der Waals surface area (Å²) >= 11 is 0. The monoisotopic (exact) mass is 620 g/mol. The molecule has 2 amide bonds. The normalized spacial score (nSPS) is 16.7. The molecule has 4 aromatic rings. The van der Waals surface area contributed by atoms with E-state index in [0.717, 1.165) is 73.2 Å². The highest BCUT2D eigenvalue weighted by Crippen LogP contribution is 2.30. The summed E-state index contributed by atoms with van der Waals surface area (Å²) in [6.07, 6.45) is 13.1. The molecular formula is C37H44N6O3. The molecule has 0 spiro atoms. The molecule has 0 radical (unpaired) electrons. The van der Waals surface area contributed by atoms with Crippen LogP contribution in [0.1, 0.15) is 68.4 Å². The summed E-state index contributed by atoms with van der Waals surface area (Å²) in [5.74, 6) is 1.40. The number of hydrogen-bond acceptors (Lipinski definition) is 5. The highest BCUT2D eigenvalue weighted by Gasteiger charge is 2.28. The van der Waals surface area contributed by atoms with Gasteiger partial charge in [0.1, 0.15) is 18.2 Å². The van der Waals surface area contributed by atoms with Crippen LogP contribution in [0.5, 0.6) is 5.75 Å². The lowest BCUT2D eigenvalue weighted by Gasteiger charge is -2.32. The summed E-state index contributed by atoms with van der Waals surface area (Å²) in [5, 5.41) is 4.41. The zero-order valence-corrected chi connectivity index (χ0v) is 27.2. The standard InChI is InChI=1S/C37H44N6O3/c1-4-11-28(36(44)42-22-16-29(17-23-42)43-21-10-18-38-43)24-32(37(45)41-19-8-5-9-20-41)31-25-30(15-14-27(31)2)46-26-35-39-33-12-6-7-13-34(33)40(35)3/h6-7,10-15,18,21,24-25,29H,4-5,8-9,16-17,19-20,22-23,26H2,1-3H3/b28-11-,32-24+. The number of allylic oxidation sites excluding steroid dienone is 1. The highest BCUT2D eigenvalue weighted by atomic mass is 16.5. The van der Waals surface area contributed by atoms with Crippen molar-refractivity contribution < 1.29 is 14.3 Å². The topological polar surface area (TPSA) is 85.5 Å². The van der Waals surface area contributed by atoms with Crippen LogP contribution in [0.2, 0.25) is 0 Å². The minimum atomic E-state index is -0.0394. The Morgan fingerprint density at radius 1 is 0.957 bits per heavy atom. The van der Waals surface area contributed by atoms with Crippen molar-refractivity contribution in [1.82, 2.24) is 29.1 Å². The fourth-order valence-electron chi connectivity index (χ4n) is 6.57. The number of aryl methyl sites for hydroxylation is 2. The van der Waals surface area contributed by atoms with E-state index in [1.807, 2.05) is 107 Å². The summed E-state index contributed by atoms with van der Waals surface area (Å²) in [5.41, 5.74) is 4.81. The maximum atomic E-state index is 14.2. The number of fused-ring (bicyclic) bond motifs is 1. The van der Waals surface area contributed by atoms with Gasteiger partial charge in [-0.25, -0.2) is 4.98 Å². The first-order chi connectivity index (χ1) is 22.4. The number of nitrogens with zero attached hydrogens (tertiary/aromatic N) is 6. The Bertz CT molecular complexity index is 1740. The number of rotatable bonds is 9. The third kappa shape index (κ3) is 6.78. The van der Waals surface area contributed by atoms with Gasteiger partial charge in [0.2, 0.25) is 0 Å². The third-order valence-corrected chi connectivity index (χ3v) is 9.24. The zero-order valence-electron chi connectivity index (χ0n) is 27.2. The molecule has 2 saturated heterocycles. The fourth-order valence-corrected chi connectivity index (χ4v) is 6.57. The number of piperidine rings is 2. The number of hydrogen-bond donors (Lipinski definition) is 0. The van der Waals surface area contributed by atoms with Crippen molar-refractivity contribution >= 4 is 28.4 Å². The molecule has 4 heterocycles. The van der Waals surface area contributed by atoms with Crippen molar-refractivity contribution in [1.29, 1.82) is 0 Å². The van der Waals surface area contributed by atoms with Crippen LogP contribution < -0.4 is 4.74 Å². The number of carbonyl (C=O) groups is 2. The zero-order chi connectivity index (χ0) is 32.0. The van der Waals surface area contributed by atoms with Crippen LogP contribution in [0.25, 0.3) is 16.6 Å². The van der Waals surface area contributed by atoms with E-state index in [1.54, 1.807) is 6.20 Å². The molecule has 9 heteroatoms. The number of ether oxygens (including phenoxy) is 1. The van der Waals surface area contributed by atoms with E-state index in [9.17, 15) is 9.59 Å². The SMILES string of the molecule is CC/C=C(/C=C(/C(=O)N1CCCCC1)c1cc(OCc2nc3ccccc3n2C)ccc1C)C(=O)N1CCC(n2cccn2)CC1. The average molecular weight is 621 g/mol. The van der Waals surface area contributed by atoms with Crippen molar-refractivity contribution in [2.45, 2.75) is 65.0 Å². The average Bonchev–Trinajstić information content (AvgIpc) is 3.75. The van der Waals surface area contributed by atoms with E-state index in [2.05, 4.69) is 5.10 Å². The van der Waals surface area contributed by atoms with Crippen molar-refractivity contribution in [3.8, 4) is 5.75 Å². The summed E-state index contributed by atoms with van der Waals surface area (Å²) in [4.78, 5) is 36.8. The molecule has 2 aromatic carbocycles. The van der Waals surface area contributed by atoms with Crippen molar-refractivity contribution in [2.75, 3.05) is 26.2 Å². The Balaban J connectivity index is 1.28. The van der Waals surface area contributed by atoms with E-state index >= 15 is 0 Å². The second-order valence-corrected chi connectivity index (χ2v) is 12.3. The Hall–Kier alpha value is -4.66. The number of benzene rings is 2. The van der Waals surface area contributed by atoms with Crippen molar-refractivity contribution in [2.24, 2.45) is 7.05 Å². The van der Waals surface area contributed by atoms with Crippen LogP contribution in [0.4, 0.5) is 0 Å². The summed E-state index contributed by atoms with van der Waals surface area (Å²) in [7, 11) is 1.99. The van der Waals surface area contributed by atoms with Gasteiger partial charge in [-0.05, 0) is 93.0 Å². The van der Waals surface area contributed by atoms with Crippen LogP contribution in [0.3, 0.4) is 0 Å². The van der Waals surface area contributed by atoms with Gasteiger partial charge in [0.25, 0.3) is 11.8 Å². The predicted molar refractivity (Wildman–Crippen MR) is 180 cm³/mol. The van der Waals surface area contributed by atoms with Crippen LogP contribution in [0.15, 0.2) is 78.6 Å². The molecule has 6 rings (SSSR count). The second-order valence-electron chi connectivity index (χ2n) is 12.3. The maximum absolute atomic E-state index is 14.2. The molecule has 2 aromatic heterocycles. The van der Waals surface area contributed by atoms with E-state index in [-0.39, 0.29) is 11.8 Å². The van der Waals surface area contributed by atoms with Crippen molar-refractivity contribution in [3.63, 3.8) is 0 Å². The van der Waals surface area contributed by atoms with E-state index < -0.39 is 0 Å². The minimum Gasteiger partial charge on any atom is -0.486 e. The molecule has 46 heavy (non-hydrogen) atoms. The highest BCUT2D eigenvalue weighted by molar-refractivity contribution is 6.21. The predicted octanol–water partition coefficient (Wildman–Crippen LogP) is 6.25. The second kappa shape index (κ2) is 14.2. The molecule has 0 aliphatic carbocycles. The van der Waals surface area contributed by atoms with Gasteiger partial charge < -0.3 is 19.1 Å². The van der Waals surface area contributed by atoms with Gasteiger partial charge in [-0.1, -0.05) is 31.2 Å². The number of aromatic nitrogens is 4. The van der Waals surface area contributed by atoms with E-state index in [4.69, 9.17) is 9.72 Å². The number of amides is 2. The Kier molecular flexibility index (Phi) is 9.66. The first-order valence-electron chi connectivity index (χ1n) is 16.6. The minimum absolute atomic E-state index is 0.0309. The lowest BCUT2D eigenvalue weighted by Crippen LogP contribution is -2.40. The molecule has 0 atom stereocenters. The van der Waals surface area contributed by atoms with Gasteiger partial charge in [-0.15, -0.1) is 0 Å². The number of likely N-dealkylation sites (tertiary alicyclic amines) is 2. The van der Waals surface area contributed by atoms with Gasteiger partial charge in [-0.3, -0.25) is 14.3 Å². The van der Waals surface area contributed by atoms with Gasteiger partial charge in [-0.2, -0.15) is 5.10 Å². The molecule has 0 saturated carbocycles. The Labute approximate surface area is 271 Å². The van der Waals surface area contributed by atoms with Gasteiger partial charge in [0.05, 0.1) is 17.1 Å². The van der Waals surface area contributed by atoms with Gasteiger partial charge in [0.15, 0.2) is 0 Å². The van der Waals surface area contributed by atoms with Crippen molar-refractivity contribution in [3.05, 3.63) is 95.6 Å². The lowest BCUT2D eigenvalue weighted by molar-refractivity contribution is -0.128. The largest absolute Gasteiger partial charge is 0.486 e. The van der Waals surface area contributed by atoms with Crippen LogP contribution in [-0.4, -0.2) is 67.1 Å².